The van der Waals surface area contributed by atoms with Gasteiger partial charge < -0.3 is 14.7 Å². The van der Waals surface area contributed by atoms with Crippen molar-refractivity contribution in [2.45, 2.75) is 33.3 Å². The van der Waals surface area contributed by atoms with E-state index in [1.165, 1.54) is 0 Å². The first-order valence-corrected chi connectivity index (χ1v) is 7.09. The predicted octanol–water partition coefficient (Wildman–Crippen LogP) is 3.06. The van der Waals surface area contributed by atoms with Crippen molar-refractivity contribution in [3.63, 3.8) is 0 Å². The second-order valence-corrected chi connectivity index (χ2v) is 4.91. The predicted molar refractivity (Wildman–Crippen MR) is 83.8 cm³/mol. The highest BCUT2D eigenvalue weighted by Gasteiger charge is 2.19. The maximum atomic E-state index is 12.1. The maximum Gasteiger partial charge on any atom is 0.269 e. The van der Waals surface area contributed by atoms with Gasteiger partial charge in [-0.3, -0.25) is 4.79 Å². The molecule has 0 aliphatic carbocycles. The second kappa shape index (κ2) is 7.40. The molecule has 1 unspecified atom stereocenters. The minimum Gasteiger partial charge on any atom is -0.382 e. The van der Waals surface area contributed by atoms with E-state index in [9.17, 15) is 4.79 Å². The number of rotatable bonds is 6. The molecule has 0 fully saturated rings. The molecule has 1 N–H and O–H groups in total. The van der Waals surface area contributed by atoms with Gasteiger partial charge in [0.2, 0.25) is 6.10 Å². The van der Waals surface area contributed by atoms with E-state index in [4.69, 9.17) is 9.36 Å². The van der Waals surface area contributed by atoms with Crippen LogP contribution in [0, 0.1) is 13.8 Å². The van der Waals surface area contributed by atoms with Gasteiger partial charge in [0.15, 0.2) is 5.82 Å². The number of hydrogen-bond donors (Lipinski definition) is 1. The summed E-state index contributed by atoms with van der Waals surface area (Å²) in [6.07, 6.45) is 1.41. The number of nitrogens with one attached hydrogen (secondary N) is 1. The molecule has 2 aromatic rings. The summed E-state index contributed by atoms with van der Waals surface area (Å²) in [5, 5.41) is 10.3. The van der Waals surface area contributed by atoms with E-state index in [-0.39, 0.29) is 5.91 Å². The zero-order valence-electron chi connectivity index (χ0n) is 12.9. The Labute approximate surface area is 129 Å². The molecule has 0 saturated heterocycles. The monoisotopic (exact) mass is 301 g/mol. The van der Waals surface area contributed by atoms with Gasteiger partial charge in [0.25, 0.3) is 5.91 Å². The third-order valence-electron chi connectivity index (χ3n) is 3.11. The zero-order valence-corrected chi connectivity index (χ0v) is 12.9. The van der Waals surface area contributed by atoms with Crippen molar-refractivity contribution in [2.75, 3.05) is 5.32 Å². The van der Waals surface area contributed by atoms with Crippen LogP contribution in [0.4, 0.5) is 5.82 Å². The largest absolute Gasteiger partial charge is 0.382 e. The Hall–Kier alpha value is -2.63. The molecule has 116 valence electrons. The molecule has 0 saturated carbocycles. The number of anilines is 1. The van der Waals surface area contributed by atoms with Crippen LogP contribution in [0.15, 0.2) is 40.0 Å². The number of carbonyl (C=O) groups is 1. The Balaban J connectivity index is 1.94. The van der Waals surface area contributed by atoms with Crippen molar-refractivity contribution < 1.29 is 14.2 Å². The van der Waals surface area contributed by atoms with Gasteiger partial charge in [-0.05, 0) is 31.4 Å². The Kier molecular flexibility index (Phi) is 5.30. The summed E-state index contributed by atoms with van der Waals surface area (Å²) in [5.41, 5.74) is 2.04. The lowest BCUT2D eigenvalue weighted by atomic mass is 10.1. The summed E-state index contributed by atoms with van der Waals surface area (Å²) in [7, 11) is 0. The topological polar surface area (TPSA) is 76.7 Å². The number of benzene rings is 1. The molecule has 1 aromatic heterocycles. The number of hydrogen-bond acceptors (Lipinski definition) is 5. The van der Waals surface area contributed by atoms with Crippen LogP contribution >= 0.6 is 0 Å². The van der Waals surface area contributed by atoms with Crippen LogP contribution in [0.1, 0.15) is 30.2 Å². The molecule has 0 bridgehead atoms. The SMILES string of the molecule is CCC(ON=Cc1ccccc1C)C(=O)Nc1cc(C)on1. The molecular formula is C16H19N3O3. The van der Waals surface area contributed by atoms with Crippen molar-refractivity contribution in [1.82, 2.24) is 5.16 Å². The Morgan fingerprint density at radius 1 is 1.45 bits per heavy atom. The summed E-state index contributed by atoms with van der Waals surface area (Å²) >= 11 is 0. The number of aryl methyl sites for hydroxylation is 2. The second-order valence-electron chi connectivity index (χ2n) is 4.91. The molecule has 0 radical (unpaired) electrons. The standard InChI is InChI=1S/C16H19N3O3/c1-4-14(16(20)18-15-9-12(3)21-19-15)22-17-10-13-8-6-5-7-11(13)2/h5-10,14H,4H2,1-3H3,(H,18,19,20). The van der Waals surface area contributed by atoms with Gasteiger partial charge in [0.05, 0.1) is 6.21 Å². The number of carbonyl (C=O) groups excluding carboxylic acids is 1. The van der Waals surface area contributed by atoms with E-state index in [0.717, 1.165) is 11.1 Å². The van der Waals surface area contributed by atoms with E-state index >= 15 is 0 Å². The van der Waals surface area contributed by atoms with Crippen LogP contribution in [-0.4, -0.2) is 23.4 Å². The molecule has 6 heteroatoms. The van der Waals surface area contributed by atoms with Gasteiger partial charge in [-0.15, -0.1) is 0 Å². The number of oxime groups is 1. The summed E-state index contributed by atoms with van der Waals surface area (Å²) in [4.78, 5) is 17.4. The highest BCUT2D eigenvalue weighted by Crippen LogP contribution is 2.10. The van der Waals surface area contributed by atoms with Gasteiger partial charge in [-0.2, -0.15) is 0 Å². The van der Waals surface area contributed by atoms with Crippen LogP contribution in [0.5, 0.6) is 0 Å². The molecule has 6 nitrogen and oxygen atoms in total. The first-order valence-electron chi connectivity index (χ1n) is 7.09. The smallest absolute Gasteiger partial charge is 0.269 e. The van der Waals surface area contributed by atoms with Crippen molar-refractivity contribution >= 4 is 17.9 Å². The number of amides is 1. The molecular weight excluding hydrogens is 282 g/mol. The van der Waals surface area contributed by atoms with E-state index < -0.39 is 6.10 Å². The Morgan fingerprint density at radius 2 is 2.23 bits per heavy atom. The highest BCUT2D eigenvalue weighted by molar-refractivity contribution is 5.93. The molecule has 0 spiro atoms. The fraction of sp³-hybridized carbons (Fsp3) is 0.312. The first-order chi connectivity index (χ1) is 10.6. The third kappa shape index (κ3) is 4.18. The van der Waals surface area contributed by atoms with Crippen molar-refractivity contribution in [3.8, 4) is 0 Å². The molecule has 1 amide bonds. The summed E-state index contributed by atoms with van der Waals surface area (Å²) in [6, 6.07) is 9.43. The average Bonchev–Trinajstić information content (AvgIpc) is 2.90. The maximum absolute atomic E-state index is 12.1. The fourth-order valence-electron chi connectivity index (χ4n) is 1.83. The van der Waals surface area contributed by atoms with Crippen molar-refractivity contribution in [2.24, 2.45) is 5.16 Å². The lowest BCUT2D eigenvalue weighted by Gasteiger charge is -2.11. The van der Waals surface area contributed by atoms with Crippen molar-refractivity contribution in [3.05, 3.63) is 47.2 Å². The van der Waals surface area contributed by atoms with Crippen LogP contribution in [0.2, 0.25) is 0 Å². The summed E-state index contributed by atoms with van der Waals surface area (Å²) < 4.78 is 4.90. The summed E-state index contributed by atoms with van der Waals surface area (Å²) in [5.74, 6) is 0.687. The van der Waals surface area contributed by atoms with Crippen LogP contribution in [0.3, 0.4) is 0 Å². The van der Waals surface area contributed by atoms with Gasteiger partial charge >= 0.3 is 0 Å². The Bertz CT molecular complexity index is 664. The lowest BCUT2D eigenvalue weighted by Crippen LogP contribution is -2.28. The molecule has 22 heavy (non-hydrogen) atoms. The van der Waals surface area contributed by atoms with E-state index in [2.05, 4.69) is 15.6 Å². The van der Waals surface area contributed by atoms with E-state index in [1.807, 2.05) is 38.1 Å². The van der Waals surface area contributed by atoms with Crippen LogP contribution in [0.25, 0.3) is 0 Å². The van der Waals surface area contributed by atoms with E-state index in [0.29, 0.717) is 18.0 Å². The Morgan fingerprint density at radius 3 is 2.86 bits per heavy atom. The fourth-order valence-corrected chi connectivity index (χ4v) is 1.83. The minimum atomic E-state index is -0.683. The molecule has 2 rings (SSSR count). The summed E-state index contributed by atoms with van der Waals surface area (Å²) in [6.45, 7) is 5.59. The quantitative estimate of drug-likeness (QED) is 0.657. The van der Waals surface area contributed by atoms with Gasteiger partial charge in [0.1, 0.15) is 5.76 Å². The van der Waals surface area contributed by atoms with Gasteiger partial charge in [0, 0.05) is 6.07 Å². The van der Waals surface area contributed by atoms with Crippen LogP contribution < -0.4 is 5.32 Å². The third-order valence-corrected chi connectivity index (χ3v) is 3.11. The normalized spacial score (nSPS) is 12.3. The van der Waals surface area contributed by atoms with Crippen LogP contribution in [-0.2, 0) is 9.63 Å². The molecule has 1 aromatic carbocycles. The highest BCUT2D eigenvalue weighted by atomic mass is 16.6. The minimum absolute atomic E-state index is 0.308. The van der Waals surface area contributed by atoms with Crippen molar-refractivity contribution in [1.29, 1.82) is 0 Å². The lowest BCUT2D eigenvalue weighted by molar-refractivity contribution is -0.127. The average molecular weight is 301 g/mol. The van der Waals surface area contributed by atoms with Gasteiger partial charge in [-0.1, -0.05) is 41.5 Å². The van der Waals surface area contributed by atoms with E-state index in [1.54, 1.807) is 19.2 Å². The number of nitrogens with zero attached hydrogens (tertiary/aromatic N) is 2. The molecule has 1 atom stereocenters. The molecule has 1 heterocycles. The first kappa shape index (κ1) is 15.8. The number of aromatic nitrogens is 1. The molecule has 0 aliphatic rings. The molecule has 0 aliphatic heterocycles. The zero-order chi connectivity index (χ0) is 15.9. The van der Waals surface area contributed by atoms with Gasteiger partial charge in [-0.25, -0.2) is 0 Å².